The second-order valence-electron chi connectivity index (χ2n) is 3.49. The highest BCUT2D eigenvalue weighted by Gasteiger charge is 2.20. The van der Waals surface area contributed by atoms with E-state index in [0.717, 1.165) is 5.69 Å². The molecule has 1 heterocycles. The summed E-state index contributed by atoms with van der Waals surface area (Å²) in [6.07, 6.45) is 1.63. The van der Waals surface area contributed by atoms with Gasteiger partial charge in [0.05, 0.1) is 17.8 Å². The van der Waals surface area contributed by atoms with Gasteiger partial charge in [-0.15, -0.1) is 0 Å². The van der Waals surface area contributed by atoms with Crippen LogP contribution in [0.25, 0.3) is 0 Å². The van der Waals surface area contributed by atoms with Crippen molar-refractivity contribution in [2.45, 2.75) is 25.9 Å². The summed E-state index contributed by atoms with van der Waals surface area (Å²) < 4.78 is 0. The Kier molecular flexibility index (Phi) is 2.67. The molecule has 0 fully saturated rings. The summed E-state index contributed by atoms with van der Waals surface area (Å²) >= 11 is 0. The fraction of sp³-hybridized carbons (Fsp3) is 0.500. The highest BCUT2D eigenvalue weighted by Crippen LogP contribution is 1.97. The van der Waals surface area contributed by atoms with Crippen LogP contribution in [0.3, 0.4) is 0 Å². The molecule has 1 aromatic heterocycles. The first-order chi connectivity index (χ1) is 6.00. The Labute approximate surface area is 76.7 Å². The molecule has 0 spiro atoms. The molecule has 0 aliphatic heterocycles. The molecule has 72 valence electrons. The molecule has 1 aromatic rings. The van der Waals surface area contributed by atoms with Gasteiger partial charge >= 0.3 is 0 Å². The normalized spacial score (nSPS) is 11.3. The van der Waals surface area contributed by atoms with Gasteiger partial charge < -0.3 is 11.1 Å². The molecule has 0 aliphatic carbocycles. The zero-order valence-electron chi connectivity index (χ0n) is 7.79. The highest BCUT2D eigenvalue weighted by molar-refractivity contribution is 5.84. The van der Waals surface area contributed by atoms with E-state index in [1.807, 2.05) is 0 Å². The van der Waals surface area contributed by atoms with Crippen molar-refractivity contribution in [2.75, 3.05) is 0 Å². The molecule has 4 N–H and O–H groups in total. The third kappa shape index (κ3) is 2.87. The Morgan fingerprint density at radius 1 is 1.77 bits per heavy atom. The molecule has 0 atom stereocenters. The lowest BCUT2D eigenvalue weighted by Crippen LogP contribution is -2.48. The van der Waals surface area contributed by atoms with Gasteiger partial charge in [0.15, 0.2) is 0 Å². The SMILES string of the molecule is CC(C)(N)C(=O)NCc1ccn[nH]1. The van der Waals surface area contributed by atoms with Crippen molar-refractivity contribution in [2.24, 2.45) is 5.73 Å². The summed E-state index contributed by atoms with van der Waals surface area (Å²) in [6.45, 7) is 3.75. The summed E-state index contributed by atoms with van der Waals surface area (Å²) in [7, 11) is 0. The zero-order chi connectivity index (χ0) is 9.90. The number of aromatic amines is 1. The molecular formula is C8H14N4O. The minimum Gasteiger partial charge on any atom is -0.349 e. The maximum absolute atomic E-state index is 11.3. The molecule has 0 aromatic carbocycles. The van der Waals surface area contributed by atoms with Crippen LogP contribution in [-0.4, -0.2) is 21.6 Å². The molecular weight excluding hydrogens is 168 g/mol. The van der Waals surface area contributed by atoms with E-state index in [1.165, 1.54) is 0 Å². The number of carbonyl (C=O) groups is 1. The van der Waals surface area contributed by atoms with Gasteiger partial charge in [-0.2, -0.15) is 5.10 Å². The Hall–Kier alpha value is -1.36. The molecule has 5 nitrogen and oxygen atoms in total. The number of carbonyl (C=O) groups excluding carboxylic acids is 1. The first-order valence-corrected chi connectivity index (χ1v) is 4.05. The van der Waals surface area contributed by atoms with Crippen molar-refractivity contribution in [3.8, 4) is 0 Å². The molecule has 0 unspecified atom stereocenters. The van der Waals surface area contributed by atoms with Crippen molar-refractivity contribution in [3.63, 3.8) is 0 Å². The smallest absolute Gasteiger partial charge is 0.239 e. The van der Waals surface area contributed by atoms with Gasteiger partial charge in [0.25, 0.3) is 0 Å². The monoisotopic (exact) mass is 182 g/mol. The van der Waals surface area contributed by atoms with Gasteiger partial charge in [0, 0.05) is 6.20 Å². The third-order valence-electron chi connectivity index (χ3n) is 1.58. The summed E-state index contributed by atoms with van der Waals surface area (Å²) in [6, 6.07) is 1.80. The van der Waals surface area contributed by atoms with Crippen LogP contribution in [0, 0.1) is 0 Å². The number of amides is 1. The Balaban J connectivity index is 2.40. The van der Waals surface area contributed by atoms with Crippen molar-refractivity contribution >= 4 is 5.91 Å². The van der Waals surface area contributed by atoms with Crippen LogP contribution < -0.4 is 11.1 Å². The van der Waals surface area contributed by atoms with Gasteiger partial charge in [0.2, 0.25) is 5.91 Å². The van der Waals surface area contributed by atoms with Crippen LogP contribution in [0.4, 0.5) is 0 Å². The zero-order valence-corrected chi connectivity index (χ0v) is 7.79. The average Bonchev–Trinajstić information content (AvgIpc) is 2.50. The summed E-state index contributed by atoms with van der Waals surface area (Å²) in [5.74, 6) is -0.179. The summed E-state index contributed by atoms with van der Waals surface area (Å²) in [5, 5.41) is 9.18. The van der Waals surface area contributed by atoms with Crippen molar-refractivity contribution in [1.29, 1.82) is 0 Å². The lowest BCUT2D eigenvalue weighted by Gasteiger charge is -2.17. The minimum atomic E-state index is -0.833. The van der Waals surface area contributed by atoms with Gasteiger partial charge in [0.1, 0.15) is 0 Å². The molecule has 5 heteroatoms. The molecule has 13 heavy (non-hydrogen) atoms. The lowest BCUT2D eigenvalue weighted by molar-refractivity contribution is -0.125. The molecule has 1 amide bonds. The number of rotatable bonds is 3. The van der Waals surface area contributed by atoms with E-state index in [2.05, 4.69) is 15.5 Å². The van der Waals surface area contributed by atoms with Crippen LogP contribution in [-0.2, 0) is 11.3 Å². The second kappa shape index (κ2) is 3.57. The predicted molar refractivity (Wildman–Crippen MR) is 48.7 cm³/mol. The van der Waals surface area contributed by atoms with E-state index in [-0.39, 0.29) is 5.91 Å². The minimum absolute atomic E-state index is 0.179. The molecule has 1 rings (SSSR count). The van der Waals surface area contributed by atoms with Crippen LogP contribution in [0.15, 0.2) is 12.3 Å². The van der Waals surface area contributed by atoms with Crippen LogP contribution in [0.1, 0.15) is 19.5 Å². The topological polar surface area (TPSA) is 83.8 Å². The van der Waals surface area contributed by atoms with Crippen LogP contribution >= 0.6 is 0 Å². The molecule has 0 saturated carbocycles. The first kappa shape index (κ1) is 9.73. The predicted octanol–water partition coefficient (Wildman–Crippen LogP) is -0.237. The van der Waals surface area contributed by atoms with E-state index in [4.69, 9.17) is 5.73 Å². The molecule has 0 radical (unpaired) electrons. The fourth-order valence-electron chi connectivity index (χ4n) is 0.786. The number of nitrogens with one attached hydrogen (secondary N) is 2. The number of H-pyrrole nitrogens is 1. The second-order valence-corrected chi connectivity index (χ2v) is 3.49. The number of hydrogen-bond donors (Lipinski definition) is 3. The van der Waals surface area contributed by atoms with Crippen LogP contribution in [0.5, 0.6) is 0 Å². The van der Waals surface area contributed by atoms with Crippen molar-refractivity contribution in [3.05, 3.63) is 18.0 Å². The first-order valence-electron chi connectivity index (χ1n) is 4.05. The fourth-order valence-corrected chi connectivity index (χ4v) is 0.786. The molecule has 0 saturated heterocycles. The van der Waals surface area contributed by atoms with E-state index in [9.17, 15) is 4.79 Å². The quantitative estimate of drug-likeness (QED) is 0.603. The maximum atomic E-state index is 11.3. The van der Waals surface area contributed by atoms with E-state index < -0.39 is 5.54 Å². The third-order valence-corrected chi connectivity index (χ3v) is 1.58. The van der Waals surface area contributed by atoms with Gasteiger partial charge in [-0.25, -0.2) is 0 Å². The number of nitrogens with zero attached hydrogens (tertiary/aromatic N) is 1. The van der Waals surface area contributed by atoms with E-state index >= 15 is 0 Å². The van der Waals surface area contributed by atoms with Crippen molar-refractivity contribution in [1.82, 2.24) is 15.5 Å². The summed E-state index contributed by atoms with van der Waals surface area (Å²) in [4.78, 5) is 11.3. The number of nitrogens with two attached hydrogens (primary N) is 1. The van der Waals surface area contributed by atoms with Gasteiger partial charge in [-0.05, 0) is 19.9 Å². The molecule has 0 aliphatic rings. The highest BCUT2D eigenvalue weighted by atomic mass is 16.2. The Morgan fingerprint density at radius 3 is 2.92 bits per heavy atom. The maximum Gasteiger partial charge on any atom is 0.239 e. The van der Waals surface area contributed by atoms with E-state index in [1.54, 1.807) is 26.1 Å². The Bertz CT molecular complexity index is 273. The molecule has 0 bridgehead atoms. The Morgan fingerprint density at radius 2 is 2.46 bits per heavy atom. The average molecular weight is 182 g/mol. The summed E-state index contributed by atoms with van der Waals surface area (Å²) in [5.41, 5.74) is 5.61. The van der Waals surface area contributed by atoms with Crippen molar-refractivity contribution < 1.29 is 4.79 Å². The number of hydrogen-bond acceptors (Lipinski definition) is 3. The lowest BCUT2D eigenvalue weighted by atomic mass is 10.1. The van der Waals surface area contributed by atoms with E-state index in [0.29, 0.717) is 6.54 Å². The van der Waals surface area contributed by atoms with Crippen LogP contribution in [0.2, 0.25) is 0 Å². The number of aromatic nitrogens is 2. The standard InChI is InChI=1S/C8H14N4O/c1-8(2,9)7(13)10-5-6-3-4-11-12-6/h3-4H,5,9H2,1-2H3,(H,10,13)(H,11,12). The van der Waals surface area contributed by atoms with Gasteiger partial charge in [-0.3, -0.25) is 9.89 Å². The van der Waals surface area contributed by atoms with Gasteiger partial charge in [-0.1, -0.05) is 0 Å². The largest absolute Gasteiger partial charge is 0.349 e.